The Hall–Kier alpha value is -1.84. The molecule has 16 heavy (non-hydrogen) atoms. The molecular formula is C12H13NO3. The van der Waals surface area contributed by atoms with Crippen molar-refractivity contribution in [3.8, 4) is 0 Å². The molecule has 1 amide bonds. The molecule has 1 aromatic rings. The third kappa shape index (κ3) is 2.05. The van der Waals surface area contributed by atoms with Crippen LogP contribution in [0.4, 0.5) is 0 Å². The molecule has 1 N–H and O–H groups in total. The molecular weight excluding hydrogens is 206 g/mol. The molecule has 4 heteroatoms. The van der Waals surface area contributed by atoms with Gasteiger partial charge in [0.1, 0.15) is 5.92 Å². The minimum Gasteiger partial charge on any atom is -0.481 e. The molecule has 0 radical (unpaired) electrons. The molecule has 1 aliphatic heterocycles. The minimum absolute atomic E-state index is 0.267. The third-order valence-corrected chi connectivity index (χ3v) is 2.81. The Bertz CT molecular complexity index is 402. The van der Waals surface area contributed by atoms with Gasteiger partial charge in [0, 0.05) is 13.1 Å². The summed E-state index contributed by atoms with van der Waals surface area (Å²) in [7, 11) is 0. The summed E-state index contributed by atoms with van der Waals surface area (Å²) in [6.45, 7) is 1.04. The molecule has 84 valence electrons. The maximum Gasteiger partial charge on any atom is 0.316 e. The zero-order valence-corrected chi connectivity index (χ0v) is 8.80. The van der Waals surface area contributed by atoms with Crippen molar-refractivity contribution < 1.29 is 14.7 Å². The number of likely N-dealkylation sites (tertiary alicyclic amines) is 1. The van der Waals surface area contributed by atoms with Crippen molar-refractivity contribution in [2.24, 2.45) is 5.92 Å². The minimum atomic E-state index is -1.01. The van der Waals surface area contributed by atoms with Crippen LogP contribution in [0.5, 0.6) is 0 Å². The Morgan fingerprint density at radius 3 is 2.62 bits per heavy atom. The van der Waals surface area contributed by atoms with Crippen LogP contribution in [-0.2, 0) is 16.1 Å². The highest BCUT2D eigenvalue weighted by Gasteiger charge is 2.36. The zero-order chi connectivity index (χ0) is 11.5. The predicted octanol–water partition coefficient (Wildman–Crippen LogP) is 1.12. The van der Waals surface area contributed by atoms with Crippen LogP contribution in [0.2, 0.25) is 0 Å². The summed E-state index contributed by atoms with van der Waals surface area (Å²) in [5, 5.41) is 8.82. The van der Waals surface area contributed by atoms with Gasteiger partial charge in [0.25, 0.3) is 0 Å². The Balaban J connectivity index is 2.03. The molecule has 0 unspecified atom stereocenters. The summed E-state index contributed by atoms with van der Waals surface area (Å²) >= 11 is 0. The van der Waals surface area contributed by atoms with E-state index >= 15 is 0 Å². The first-order chi connectivity index (χ1) is 7.68. The molecule has 2 rings (SSSR count). The second-order valence-electron chi connectivity index (χ2n) is 3.92. The maximum atomic E-state index is 11.7. The van der Waals surface area contributed by atoms with Gasteiger partial charge < -0.3 is 10.0 Å². The summed E-state index contributed by atoms with van der Waals surface area (Å²) in [4.78, 5) is 24.1. The summed E-state index contributed by atoms with van der Waals surface area (Å²) < 4.78 is 0. The smallest absolute Gasteiger partial charge is 0.316 e. The molecule has 1 atom stereocenters. The van der Waals surface area contributed by atoms with Crippen LogP contribution in [0.25, 0.3) is 0 Å². The molecule has 1 aromatic carbocycles. The number of hydrogen-bond donors (Lipinski definition) is 1. The first kappa shape index (κ1) is 10.7. The first-order valence-corrected chi connectivity index (χ1v) is 5.24. The van der Waals surface area contributed by atoms with Crippen molar-refractivity contribution in [1.29, 1.82) is 0 Å². The van der Waals surface area contributed by atoms with Crippen molar-refractivity contribution in [2.45, 2.75) is 13.0 Å². The molecule has 1 saturated heterocycles. The second kappa shape index (κ2) is 4.35. The van der Waals surface area contributed by atoms with Crippen molar-refractivity contribution in [3.05, 3.63) is 35.9 Å². The Morgan fingerprint density at radius 1 is 1.38 bits per heavy atom. The highest BCUT2D eigenvalue weighted by Crippen LogP contribution is 2.20. The molecule has 0 aliphatic carbocycles. The molecule has 0 aromatic heterocycles. The number of amides is 1. The van der Waals surface area contributed by atoms with E-state index < -0.39 is 11.9 Å². The number of carbonyl (C=O) groups is 2. The lowest BCUT2D eigenvalue weighted by atomic mass is 10.1. The highest BCUT2D eigenvalue weighted by molar-refractivity contribution is 5.98. The third-order valence-electron chi connectivity index (χ3n) is 2.81. The van der Waals surface area contributed by atoms with E-state index in [2.05, 4.69) is 0 Å². The largest absolute Gasteiger partial charge is 0.481 e. The van der Waals surface area contributed by atoms with E-state index in [4.69, 9.17) is 5.11 Å². The van der Waals surface area contributed by atoms with Crippen LogP contribution in [0.15, 0.2) is 30.3 Å². The monoisotopic (exact) mass is 219 g/mol. The van der Waals surface area contributed by atoms with Crippen molar-refractivity contribution in [1.82, 2.24) is 4.90 Å². The number of nitrogens with zero attached hydrogens (tertiary/aromatic N) is 1. The number of rotatable bonds is 3. The number of carbonyl (C=O) groups excluding carboxylic acids is 1. The summed E-state index contributed by atoms with van der Waals surface area (Å²) in [6.07, 6.45) is 0.418. The van der Waals surface area contributed by atoms with Gasteiger partial charge in [0.15, 0.2) is 0 Å². The molecule has 0 saturated carbocycles. The van der Waals surface area contributed by atoms with Gasteiger partial charge in [-0.3, -0.25) is 9.59 Å². The first-order valence-electron chi connectivity index (χ1n) is 5.24. The molecule has 4 nitrogen and oxygen atoms in total. The van der Waals surface area contributed by atoms with Gasteiger partial charge in [-0.25, -0.2) is 0 Å². The van der Waals surface area contributed by atoms with E-state index in [1.807, 2.05) is 30.3 Å². The van der Waals surface area contributed by atoms with E-state index in [0.29, 0.717) is 19.5 Å². The number of benzene rings is 1. The standard InChI is InChI=1S/C12H13NO3/c14-11-10(12(15)16)6-7-13(11)8-9-4-2-1-3-5-9/h1-5,10H,6-8H2,(H,15,16)/t10-/m0/s1. The fraction of sp³-hybridized carbons (Fsp3) is 0.333. The summed E-state index contributed by atoms with van der Waals surface area (Å²) in [5.41, 5.74) is 1.03. The van der Waals surface area contributed by atoms with Gasteiger partial charge in [-0.2, -0.15) is 0 Å². The van der Waals surface area contributed by atoms with Crippen molar-refractivity contribution >= 4 is 11.9 Å². The molecule has 1 heterocycles. The fourth-order valence-electron chi connectivity index (χ4n) is 1.93. The molecule has 1 aliphatic rings. The molecule has 1 fully saturated rings. The summed E-state index contributed by atoms with van der Waals surface area (Å²) in [5.74, 6) is -2.12. The number of carboxylic acid groups (broad SMARTS) is 1. The van der Waals surface area contributed by atoms with Crippen LogP contribution in [0, 0.1) is 5.92 Å². The predicted molar refractivity (Wildman–Crippen MR) is 57.6 cm³/mol. The highest BCUT2D eigenvalue weighted by atomic mass is 16.4. The van der Waals surface area contributed by atoms with Gasteiger partial charge in [0.05, 0.1) is 0 Å². The fourth-order valence-corrected chi connectivity index (χ4v) is 1.93. The van der Waals surface area contributed by atoms with Crippen molar-refractivity contribution in [3.63, 3.8) is 0 Å². The average Bonchev–Trinajstić information content (AvgIpc) is 2.62. The Morgan fingerprint density at radius 2 is 2.06 bits per heavy atom. The van der Waals surface area contributed by atoms with E-state index in [-0.39, 0.29) is 5.91 Å². The van der Waals surface area contributed by atoms with E-state index in [1.54, 1.807) is 4.90 Å². The SMILES string of the molecule is O=C(O)[C@H]1CCN(Cc2ccccc2)C1=O. The quantitative estimate of drug-likeness (QED) is 0.775. The van der Waals surface area contributed by atoms with E-state index in [1.165, 1.54) is 0 Å². The number of aliphatic carboxylic acids is 1. The average molecular weight is 219 g/mol. The van der Waals surface area contributed by atoms with Crippen molar-refractivity contribution in [2.75, 3.05) is 6.54 Å². The van der Waals surface area contributed by atoms with Gasteiger partial charge >= 0.3 is 5.97 Å². The lowest BCUT2D eigenvalue weighted by Crippen LogP contribution is -2.29. The normalized spacial score (nSPS) is 20.1. The van der Waals surface area contributed by atoms with Gasteiger partial charge in [-0.15, -0.1) is 0 Å². The number of carboxylic acids is 1. The van der Waals surface area contributed by atoms with Gasteiger partial charge in [0.2, 0.25) is 5.91 Å². The Labute approximate surface area is 93.5 Å². The van der Waals surface area contributed by atoms with Crippen LogP contribution in [-0.4, -0.2) is 28.4 Å². The van der Waals surface area contributed by atoms with Gasteiger partial charge in [-0.1, -0.05) is 30.3 Å². The maximum absolute atomic E-state index is 11.7. The summed E-state index contributed by atoms with van der Waals surface area (Å²) in [6, 6.07) is 9.59. The second-order valence-corrected chi connectivity index (χ2v) is 3.92. The lowest BCUT2D eigenvalue weighted by molar-refractivity contribution is -0.147. The van der Waals surface area contributed by atoms with E-state index in [0.717, 1.165) is 5.56 Å². The topological polar surface area (TPSA) is 57.6 Å². The van der Waals surface area contributed by atoms with Crippen LogP contribution in [0.3, 0.4) is 0 Å². The van der Waals surface area contributed by atoms with Crippen LogP contribution < -0.4 is 0 Å². The van der Waals surface area contributed by atoms with Crippen LogP contribution in [0.1, 0.15) is 12.0 Å². The van der Waals surface area contributed by atoms with Crippen LogP contribution >= 0.6 is 0 Å². The van der Waals surface area contributed by atoms with Gasteiger partial charge in [-0.05, 0) is 12.0 Å². The zero-order valence-electron chi connectivity index (χ0n) is 8.80. The Kier molecular flexibility index (Phi) is 2.90. The molecule has 0 bridgehead atoms. The van der Waals surface area contributed by atoms with E-state index in [9.17, 15) is 9.59 Å². The lowest BCUT2D eigenvalue weighted by Gasteiger charge is -2.15. The number of hydrogen-bond acceptors (Lipinski definition) is 2. The molecule has 0 spiro atoms.